The van der Waals surface area contributed by atoms with Gasteiger partial charge in [0.05, 0.1) is 0 Å². The third kappa shape index (κ3) is 1.23. The van der Waals surface area contributed by atoms with Gasteiger partial charge in [0, 0.05) is 11.6 Å². The first-order valence-electron chi connectivity index (χ1n) is 4.16. The van der Waals surface area contributed by atoms with Crippen LogP contribution in [0.1, 0.15) is 18.1 Å². The van der Waals surface area contributed by atoms with Crippen LogP contribution in [0.4, 0.5) is 0 Å². The van der Waals surface area contributed by atoms with Gasteiger partial charge in [-0.1, -0.05) is 36.5 Å². The lowest BCUT2D eigenvalue weighted by molar-refractivity contribution is 0.649. The van der Waals surface area contributed by atoms with Crippen LogP contribution in [0.15, 0.2) is 24.3 Å². The molecule has 0 aliphatic carbocycles. The molecule has 0 amide bonds. The van der Waals surface area contributed by atoms with Gasteiger partial charge in [-0.15, -0.1) is 0 Å². The van der Waals surface area contributed by atoms with Crippen molar-refractivity contribution < 1.29 is 0 Å². The number of nitrogens with one attached hydrogen (secondary N) is 1. The molecule has 2 rings (SSSR count). The lowest BCUT2D eigenvalue weighted by Gasteiger charge is -2.24. The van der Waals surface area contributed by atoms with Gasteiger partial charge >= 0.3 is 0 Å². The molecule has 0 saturated heterocycles. The van der Waals surface area contributed by atoms with Gasteiger partial charge in [0.2, 0.25) is 0 Å². The summed E-state index contributed by atoms with van der Waals surface area (Å²) < 4.78 is 0. The molecule has 1 heterocycles. The molecule has 0 radical (unpaired) electrons. The summed E-state index contributed by atoms with van der Waals surface area (Å²) in [6, 6.07) is 8.81. The minimum Gasteiger partial charge on any atom is -0.373 e. The van der Waals surface area contributed by atoms with Crippen LogP contribution in [0.25, 0.3) is 0 Å². The molecule has 62 valence electrons. The van der Waals surface area contributed by atoms with E-state index in [-0.39, 0.29) is 0 Å². The molecule has 1 aliphatic heterocycles. The highest BCUT2D eigenvalue weighted by atomic mass is 32.1. The zero-order valence-corrected chi connectivity index (χ0v) is 7.82. The zero-order valence-electron chi connectivity index (χ0n) is 7.00. The monoisotopic (exact) mass is 177 g/mol. The third-order valence-electron chi connectivity index (χ3n) is 2.17. The summed E-state index contributed by atoms with van der Waals surface area (Å²) in [6.07, 6.45) is 1.08. The Morgan fingerprint density at radius 1 is 1.42 bits per heavy atom. The zero-order chi connectivity index (χ0) is 8.55. The van der Waals surface area contributed by atoms with Gasteiger partial charge in [0.15, 0.2) is 0 Å². The average molecular weight is 177 g/mol. The highest BCUT2D eigenvalue weighted by Gasteiger charge is 2.16. The quantitative estimate of drug-likeness (QED) is 0.607. The van der Waals surface area contributed by atoms with E-state index in [0.717, 1.165) is 11.4 Å². The standard InChI is InChI=1S/C10H11NS/c1-7-6-8-4-2-3-5-9(8)10(12)11-7/h2-5,7H,6H2,1H3,(H,11,12). The minimum absolute atomic E-state index is 0.479. The molecule has 0 spiro atoms. The van der Waals surface area contributed by atoms with Crippen molar-refractivity contribution in [3.63, 3.8) is 0 Å². The normalized spacial score (nSPS) is 21.4. The molecule has 12 heavy (non-hydrogen) atoms. The van der Waals surface area contributed by atoms with Crippen LogP contribution in [0.3, 0.4) is 0 Å². The van der Waals surface area contributed by atoms with Crippen LogP contribution < -0.4 is 5.32 Å². The van der Waals surface area contributed by atoms with E-state index in [4.69, 9.17) is 12.2 Å². The maximum Gasteiger partial charge on any atom is 0.107 e. The predicted molar refractivity (Wildman–Crippen MR) is 54.4 cm³/mol. The van der Waals surface area contributed by atoms with Crippen molar-refractivity contribution in [3.8, 4) is 0 Å². The first-order valence-corrected chi connectivity index (χ1v) is 4.57. The van der Waals surface area contributed by atoms with Crippen molar-refractivity contribution in [2.75, 3.05) is 0 Å². The maximum atomic E-state index is 5.23. The molecular formula is C10H11NS. The van der Waals surface area contributed by atoms with Crippen LogP contribution in [-0.4, -0.2) is 11.0 Å². The number of rotatable bonds is 0. The Labute approximate surface area is 77.8 Å². The Bertz CT molecular complexity index is 319. The second-order valence-corrected chi connectivity index (χ2v) is 3.64. The van der Waals surface area contributed by atoms with E-state index in [0.29, 0.717) is 6.04 Å². The topological polar surface area (TPSA) is 12.0 Å². The third-order valence-corrected chi connectivity index (χ3v) is 2.50. The highest BCUT2D eigenvalue weighted by molar-refractivity contribution is 7.80. The van der Waals surface area contributed by atoms with Crippen LogP contribution in [0, 0.1) is 0 Å². The van der Waals surface area contributed by atoms with Crippen molar-refractivity contribution in [1.82, 2.24) is 5.32 Å². The number of benzene rings is 1. The molecule has 1 unspecified atom stereocenters. The fourth-order valence-electron chi connectivity index (χ4n) is 1.60. The number of fused-ring (bicyclic) bond motifs is 1. The summed E-state index contributed by atoms with van der Waals surface area (Å²) in [5, 5.41) is 3.27. The van der Waals surface area contributed by atoms with Crippen molar-refractivity contribution in [2.45, 2.75) is 19.4 Å². The van der Waals surface area contributed by atoms with Crippen molar-refractivity contribution >= 4 is 17.2 Å². The molecule has 1 atom stereocenters. The van der Waals surface area contributed by atoms with Crippen LogP contribution in [-0.2, 0) is 6.42 Å². The molecule has 0 aromatic heterocycles. The highest BCUT2D eigenvalue weighted by Crippen LogP contribution is 2.16. The number of hydrogen-bond acceptors (Lipinski definition) is 1. The Morgan fingerprint density at radius 2 is 2.17 bits per heavy atom. The van der Waals surface area contributed by atoms with Crippen LogP contribution in [0.2, 0.25) is 0 Å². The summed E-state index contributed by atoms with van der Waals surface area (Å²) in [7, 11) is 0. The summed E-state index contributed by atoms with van der Waals surface area (Å²) >= 11 is 5.23. The molecule has 2 heteroatoms. The maximum absolute atomic E-state index is 5.23. The molecule has 1 aliphatic rings. The molecular weight excluding hydrogens is 166 g/mol. The first kappa shape index (κ1) is 7.74. The molecule has 1 nitrogen and oxygen atoms in total. The van der Waals surface area contributed by atoms with E-state index in [1.165, 1.54) is 11.1 Å². The van der Waals surface area contributed by atoms with Crippen molar-refractivity contribution in [1.29, 1.82) is 0 Å². The fraction of sp³-hybridized carbons (Fsp3) is 0.300. The van der Waals surface area contributed by atoms with Gasteiger partial charge in [-0.3, -0.25) is 0 Å². The number of hydrogen-bond donors (Lipinski definition) is 1. The molecule has 1 N–H and O–H groups in total. The van der Waals surface area contributed by atoms with Gasteiger partial charge in [-0.2, -0.15) is 0 Å². The van der Waals surface area contributed by atoms with E-state index in [1.807, 2.05) is 6.07 Å². The Balaban J connectivity index is 2.47. The van der Waals surface area contributed by atoms with Gasteiger partial charge in [0.1, 0.15) is 4.99 Å². The molecule has 0 bridgehead atoms. The smallest absolute Gasteiger partial charge is 0.107 e. The molecule has 1 aromatic carbocycles. The van der Waals surface area contributed by atoms with E-state index in [9.17, 15) is 0 Å². The van der Waals surface area contributed by atoms with Gasteiger partial charge in [0.25, 0.3) is 0 Å². The summed E-state index contributed by atoms with van der Waals surface area (Å²) in [5.41, 5.74) is 2.57. The summed E-state index contributed by atoms with van der Waals surface area (Å²) in [6.45, 7) is 2.15. The lowest BCUT2D eigenvalue weighted by atomic mass is 9.97. The van der Waals surface area contributed by atoms with Crippen LogP contribution in [0.5, 0.6) is 0 Å². The van der Waals surface area contributed by atoms with Gasteiger partial charge in [-0.25, -0.2) is 0 Å². The van der Waals surface area contributed by atoms with E-state index < -0.39 is 0 Å². The van der Waals surface area contributed by atoms with Crippen molar-refractivity contribution in [3.05, 3.63) is 35.4 Å². The van der Waals surface area contributed by atoms with E-state index >= 15 is 0 Å². The van der Waals surface area contributed by atoms with Crippen LogP contribution >= 0.6 is 12.2 Å². The van der Waals surface area contributed by atoms with E-state index in [2.05, 4.69) is 30.4 Å². The average Bonchev–Trinajstić information content (AvgIpc) is 2.04. The fourth-order valence-corrected chi connectivity index (χ4v) is 2.00. The predicted octanol–water partition coefficient (Wildman–Crippen LogP) is 1.90. The second kappa shape index (κ2) is 2.87. The minimum atomic E-state index is 0.479. The van der Waals surface area contributed by atoms with Gasteiger partial charge < -0.3 is 5.32 Å². The number of thiocarbonyl (C=S) groups is 1. The Hall–Kier alpha value is -0.890. The molecule has 1 aromatic rings. The van der Waals surface area contributed by atoms with Gasteiger partial charge in [-0.05, 0) is 18.9 Å². The summed E-state index contributed by atoms with van der Waals surface area (Å²) in [4.78, 5) is 0.893. The molecule has 0 fully saturated rings. The Morgan fingerprint density at radius 3 is 3.00 bits per heavy atom. The molecule has 0 saturated carbocycles. The first-order chi connectivity index (χ1) is 5.77. The largest absolute Gasteiger partial charge is 0.373 e. The SMILES string of the molecule is CC1Cc2ccccc2C(=S)N1. The Kier molecular flexibility index (Phi) is 1.85. The second-order valence-electron chi connectivity index (χ2n) is 3.24. The van der Waals surface area contributed by atoms with E-state index in [1.54, 1.807) is 0 Å². The van der Waals surface area contributed by atoms with Crippen molar-refractivity contribution in [2.24, 2.45) is 0 Å². The lowest BCUT2D eigenvalue weighted by Crippen LogP contribution is -2.38. The summed E-state index contributed by atoms with van der Waals surface area (Å²) in [5.74, 6) is 0.